The molecule has 2 aromatic carbocycles. The quantitative estimate of drug-likeness (QED) is 0.583. The van der Waals surface area contributed by atoms with E-state index < -0.39 is 9.84 Å². The van der Waals surface area contributed by atoms with Crippen LogP contribution in [-0.4, -0.2) is 30.1 Å². The number of fused-ring (bicyclic) bond motifs is 1. The molecule has 0 aliphatic heterocycles. The van der Waals surface area contributed by atoms with E-state index in [0.717, 1.165) is 15.3 Å². The Morgan fingerprint density at radius 3 is 2.68 bits per heavy atom. The summed E-state index contributed by atoms with van der Waals surface area (Å²) in [6.45, 7) is -0.00313. The number of para-hydroxylation sites is 2. The number of carbonyl (C=O) groups is 1. The van der Waals surface area contributed by atoms with E-state index in [-0.39, 0.29) is 18.2 Å². The summed E-state index contributed by atoms with van der Waals surface area (Å²) in [4.78, 5) is 16.8. The number of sulfone groups is 1. The zero-order valence-corrected chi connectivity index (χ0v) is 16.4. The van der Waals surface area contributed by atoms with Gasteiger partial charge in [0.25, 0.3) is 0 Å². The molecule has 3 rings (SSSR count). The van der Waals surface area contributed by atoms with Crippen molar-refractivity contribution in [1.29, 1.82) is 0 Å². The number of anilines is 1. The van der Waals surface area contributed by atoms with Gasteiger partial charge in [-0.05, 0) is 52.9 Å². The molecule has 0 radical (unpaired) electrons. The van der Waals surface area contributed by atoms with Gasteiger partial charge < -0.3 is 9.88 Å². The van der Waals surface area contributed by atoms with E-state index in [1.807, 2.05) is 42.5 Å². The van der Waals surface area contributed by atoms with Gasteiger partial charge in [0.2, 0.25) is 5.91 Å². The first-order valence-electron chi connectivity index (χ1n) is 7.49. The maximum Gasteiger partial charge on any atom is 0.244 e. The summed E-state index contributed by atoms with van der Waals surface area (Å²) in [7, 11) is -3.26. The summed E-state index contributed by atoms with van der Waals surface area (Å²) in [6, 6.07) is 14.8. The smallest absolute Gasteiger partial charge is 0.244 e. The van der Waals surface area contributed by atoms with Gasteiger partial charge in [0.15, 0.2) is 9.84 Å². The third-order valence-corrected chi connectivity index (χ3v) is 4.99. The number of aromatic nitrogens is 2. The minimum Gasteiger partial charge on any atom is -0.325 e. The minimum atomic E-state index is -3.26. The van der Waals surface area contributed by atoms with E-state index in [4.69, 9.17) is 0 Å². The van der Waals surface area contributed by atoms with Gasteiger partial charge in [-0.3, -0.25) is 4.79 Å². The van der Waals surface area contributed by atoms with Crippen LogP contribution >= 0.6 is 22.6 Å². The fourth-order valence-electron chi connectivity index (χ4n) is 2.56. The lowest BCUT2D eigenvalue weighted by Crippen LogP contribution is -2.21. The summed E-state index contributed by atoms with van der Waals surface area (Å²) >= 11 is 2.17. The minimum absolute atomic E-state index is 0.00313. The predicted molar refractivity (Wildman–Crippen MR) is 106 cm³/mol. The first-order chi connectivity index (χ1) is 11.8. The van der Waals surface area contributed by atoms with Crippen LogP contribution in [0, 0.1) is 3.57 Å². The largest absolute Gasteiger partial charge is 0.325 e. The highest BCUT2D eigenvalue weighted by Gasteiger charge is 2.17. The number of hydrogen-bond donors (Lipinski definition) is 1. The van der Waals surface area contributed by atoms with E-state index in [1.54, 1.807) is 10.6 Å². The third-order valence-electron chi connectivity index (χ3n) is 3.53. The van der Waals surface area contributed by atoms with Gasteiger partial charge in [-0.15, -0.1) is 0 Å². The van der Waals surface area contributed by atoms with Crippen LogP contribution in [0.25, 0.3) is 11.0 Å². The SMILES string of the molecule is CS(=O)(=O)Cc1nc2ccccc2n1CC(=O)Nc1cccc(I)c1. The molecule has 8 heteroatoms. The molecule has 1 heterocycles. The molecule has 0 bridgehead atoms. The van der Waals surface area contributed by atoms with Gasteiger partial charge >= 0.3 is 0 Å². The molecule has 1 aromatic heterocycles. The Morgan fingerprint density at radius 1 is 1.20 bits per heavy atom. The fourth-order valence-corrected chi connectivity index (χ4v) is 3.79. The number of amides is 1. The van der Waals surface area contributed by atoms with Crippen molar-refractivity contribution in [2.24, 2.45) is 0 Å². The van der Waals surface area contributed by atoms with Gasteiger partial charge in [-0.25, -0.2) is 13.4 Å². The number of nitrogens with one attached hydrogen (secondary N) is 1. The molecule has 1 amide bonds. The van der Waals surface area contributed by atoms with Crippen molar-refractivity contribution in [3.05, 3.63) is 57.9 Å². The van der Waals surface area contributed by atoms with E-state index in [0.29, 0.717) is 17.0 Å². The summed E-state index contributed by atoms with van der Waals surface area (Å²) in [5.41, 5.74) is 2.10. The van der Waals surface area contributed by atoms with Crippen LogP contribution in [0.4, 0.5) is 5.69 Å². The maximum absolute atomic E-state index is 12.4. The Kier molecular flexibility index (Phi) is 5.09. The lowest BCUT2D eigenvalue weighted by molar-refractivity contribution is -0.116. The molecule has 0 aliphatic rings. The van der Waals surface area contributed by atoms with Crippen molar-refractivity contribution in [2.45, 2.75) is 12.3 Å². The molecule has 130 valence electrons. The highest BCUT2D eigenvalue weighted by Crippen LogP contribution is 2.18. The number of rotatable bonds is 5. The fraction of sp³-hybridized carbons (Fsp3) is 0.176. The van der Waals surface area contributed by atoms with Crippen molar-refractivity contribution >= 4 is 55.1 Å². The van der Waals surface area contributed by atoms with Crippen LogP contribution in [-0.2, 0) is 26.9 Å². The summed E-state index contributed by atoms with van der Waals surface area (Å²) < 4.78 is 26.0. The van der Waals surface area contributed by atoms with E-state index in [9.17, 15) is 13.2 Å². The van der Waals surface area contributed by atoms with E-state index in [2.05, 4.69) is 32.9 Å². The Bertz CT molecular complexity index is 1040. The van der Waals surface area contributed by atoms with Crippen LogP contribution in [0.2, 0.25) is 0 Å². The van der Waals surface area contributed by atoms with Crippen LogP contribution in [0.1, 0.15) is 5.82 Å². The molecule has 0 fully saturated rings. The average molecular weight is 469 g/mol. The second-order valence-electron chi connectivity index (χ2n) is 5.73. The molecule has 1 N–H and O–H groups in total. The summed E-state index contributed by atoms with van der Waals surface area (Å²) in [6.07, 6.45) is 1.16. The van der Waals surface area contributed by atoms with Crippen molar-refractivity contribution in [3.63, 3.8) is 0 Å². The van der Waals surface area contributed by atoms with Crippen LogP contribution in [0.3, 0.4) is 0 Å². The predicted octanol–water partition coefficient (Wildman–Crippen LogP) is 2.82. The molecule has 0 saturated heterocycles. The Balaban J connectivity index is 1.91. The van der Waals surface area contributed by atoms with Crippen LogP contribution in [0.15, 0.2) is 48.5 Å². The monoisotopic (exact) mass is 469 g/mol. The number of halogens is 1. The zero-order chi connectivity index (χ0) is 18.0. The molecule has 0 spiro atoms. The second kappa shape index (κ2) is 7.12. The lowest BCUT2D eigenvalue weighted by Gasteiger charge is -2.10. The molecule has 25 heavy (non-hydrogen) atoms. The number of carbonyl (C=O) groups excluding carboxylic acids is 1. The third kappa shape index (κ3) is 4.57. The van der Waals surface area contributed by atoms with E-state index in [1.165, 1.54) is 0 Å². The average Bonchev–Trinajstić information content (AvgIpc) is 2.83. The topological polar surface area (TPSA) is 81.1 Å². The van der Waals surface area contributed by atoms with Gasteiger partial charge in [0.1, 0.15) is 18.1 Å². The standard InChI is InChI=1S/C17H16IN3O3S/c1-25(23,24)11-16-20-14-7-2-3-8-15(14)21(16)10-17(22)19-13-6-4-5-12(18)9-13/h2-9H,10-11H2,1H3,(H,19,22). The number of benzene rings is 2. The molecular formula is C17H16IN3O3S. The van der Waals surface area contributed by atoms with Crippen molar-refractivity contribution in [3.8, 4) is 0 Å². The zero-order valence-electron chi connectivity index (χ0n) is 13.4. The highest BCUT2D eigenvalue weighted by molar-refractivity contribution is 14.1. The second-order valence-corrected chi connectivity index (χ2v) is 9.12. The molecular weight excluding hydrogens is 453 g/mol. The summed E-state index contributed by atoms with van der Waals surface area (Å²) in [5, 5.41) is 2.83. The molecule has 0 aliphatic carbocycles. The molecule has 0 saturated carbocycles. The van der Waals surface area contributed by atoms with Gasteiger partial charge in [0, 0.05) is 15.5 Å². The van der Waals surface area contributed by atoms with Crippen molar-refractivity contribution in [2.75, 3.05) is 11.6 Å². The first kappa shape index (κ1) is 17.9. The molecule has 0 unspecified atom stereocenters. The van der Waals surface area contributed by atoms with E-state index >= 15 is 0 Å². The normalized spacial score (nSPS) is 11.6. The Labute approximate surface area is 159 Å². The molecule has 3 aromatic rings. The molecule has 0 atom stereocenters. The van der Waals surface area contributed by atoms with Gasteiger partial charge in [0.05, 0.1) is 11.0 Å². The number of nitrogens with zero attached hydrogens (tertiary/aromatic N) is 2. The summed E-state index contributed by atoms with van der Waals surface area (Å²) in [5.74, 6) is -0.0838. The number of hydrogen-bond acceptors (Lipinski definition) is 4. The number of imidazole rings is 1. The lowest BCUT2D eigenvalue weighted by atomic mass is 10.3. The van der Waals surface area contributed by atoms with Crippen molar-refractivity contribution < 1.29 is 13.2 Å². The highest BCUT2D eigenvalue weighted by atomic mass is 127. The maximum atomic E-state index is 12.4. The van der Waals surface area contributed by atoms with Crippen LogP contribution < -0.4 is 5.32 Å². The Hall–Kier alpha value is -1.94. The first-order valence-corrected chi connectivity index (χ1v) is 10.6. The van der Waals surface area contributed by atoms with Crippen molar-refractivity contribution in [1.82, 2.24) is 9.55 Å². The van der Waals surface area contributed by atoms with Gasteiger partial charge in [-0.2, -0.15) is 0 Å². The van der Waals surface area contributed by atoms with Crippen LogP contribution in [0.5, 0.6) is 0 Å². The van der Waals surface area contributed by atoms with Gasteiger partial charge in [-0.1, -0.05) is 18.2 Å². The molecule has 6 nitrogen and oxygen atoms in total. The Morgan fingerprint density at radius 2 is 1.96 bits per heavy atom.